The zero-order valence-electron chi connectivity index (χ0n) is 7.69. The van der Waals surface area contributed by atoms with Crippen molar-refractivity contribution in [3.8, 4) is 0 Å². The number of nitrogens with one attached hydrogen (secondary N) is 1. The van der Waals surface area contributed by atoms with Crippen LogP contribution in [0.3, 0.4) is 0 Å². The van der Waals surface area contributed by atoms with E-state index in [1.807, 2.05) is 0 Å². The maximum Gasteiger partial charge on any atom is 0.0492 e. The topological polar surface area (TPSA) is 35.5 Å². The van der Waals surface area contributed by atoms with Crippen molar-refractivity contribution in [3.63, 3.8) is 0 Å². The second kappa shape index (κ2) is 4.05. The highest BCUT2D eigenvalue weighted by Crippen LogP contribution is 2.17. The van der Waals surface area contributed by atoms with Gasteiger partial charge in [-0.2, -0.15) is 0 Å². The molecule has 1 fully saturated rings. The van der Waals surface area contributed by atoms with Crippen LogP contribution in [0.25, 0.3) is 0 Å². The third-order valence-corrected chi connectivity index (χ3v) is 2.66. The number of hydrogen-bond acceptors (Lipinski definition) is 3. The zero-order valence-corrected chi connectivity index (χ0v) is 7.69. The Balaban J connectivity index is 1.93. The summed E-state index contributed by atoms with van der Waals surface area (Å²) in [5.41, 5.74) is 0. The van der Waals surface area contributed by atoms with E-state index in [9.17, 15) is 0 Å². The number of nitrogens with zero attached hydrogens (tertiary/aromatic N) is 1. The lowest BCUT2D eigenvalue weighted by molar-refractivity contribution is 0.228. The fourth-order valence-electron chi connectivity index (χ4n) is 1.96. The van der Waals surface area contributed by atoms with Gasteiger partial charge in [0.25, 0.3) is 0 Å². The normalized spacial score (nSPS) is 32.4. The fraction of sp³-hybridized carbons (Fsp3) is 0.600. The Morgan fingerprint density at radius 2 is 2.23 bits per heavy atom. The lowest BCUT2D eigenvalue weighted by atomic mass is 10.0. The predicted octanol–water partition coefficient (Wildman–Crippen LogP) is 0.0947. The molecule has 1 heterocycles. The van der Waals surface area contributed by atoms with E-state index < -0.39 is 0 Å². The summed E-state index contributed by atoms with van der Waals surface area (Å²) in [4.78, 5) is 2.36. The van der Waals surface area contributed by atoms with Crippen LogP contribution in [-0.2, 0) is 0 Å². The molecule has 0 bridgehead atoms. The van der Waals surface area contributed by atoms with Gasteiger partial charge in [-0.3, -0.25) is 10.2 Å². The number of aliphatic hydroxyl groups excluding tert-OH is 1. The van der Waals surface area contributed by atoms with Crippen LogP contribution in [-0.4, -0.2) is 41.9 Å². The highest BCUT2D eigenvalue weighted by molar-refractivity contribution is 5.22. The quantitative estimate of drug-likeness (QED) is 0.646. The van der Waals surface area contributed by atoms with Gasteiger partial charge in [0.2, 0.25) is 0 Å². The van der Waals surface area contributed by atoms with E-state index in [0.29, 0.717) is 12.1 Å². The van der Waals surface area contributed by atoms with Gasteiger partial charge in [-0.15, -0.1) is 0 Å². The standard InChI is InChI=1S/C10H16N2O/c13-7-3-6-12-8-11-9-4-1-2-5-10(9)12/h1-2,4-5,9-11,13H,3,6-8H2. The van der Waals surface area contributed by atoms with E-state index in [1.54, 1.807) is 0 Å². The van der Waals surface area contributed by atoms with Gasteiger partial charge in [-0.05, 0) is 6.42 Å². The maximum absolute atomic E-state index is 8.74. The Bertz CT molecular complexity index is 225. The number of fused-ring (bicyclic) bond motifs is 1. The molecule has 3 heteroatoms. The van der Waals surface area contributed by atoms with E-state index >= 15 is 0 Å². The van der Waals surface area contributed by atoms with Crippen molar-refractivity contribution in [2.24, 2.45) is 0 Å². The Hall–Kier alpha value is -0.640. The lowest BCUT2D eigenvalue weighted by Gasteiger charge is -2.23. The first-order valence-electron chi connectivity index (χ1n) is 4.85. The summed E-state index contributed by atoms with van der Waals surface area (Å²) in [7, 11) is 0. The average molecular weight is 180 g/mol. The van der Waals surface area contributed by atoms with Gasteiger partial charge < -0.3 is 5.11 Å². The van der Waals surface area contributed by atoms with Crippen LogP contribution >= 0.6 is 0 Å². The van der Waals surface area contributed by atoms with Gasteiger partial charge in [0, 0.05) is 31.9 Å². The summed E-state index contributed by atoms with van der Waals surface area (Å²) in [6.45, 7) is 2.19. The van der Waals surface area contributed by atoms with Crippen molar-refractivity contribution < 1.29 is 5.11 Å². The number of rotatable bonds is 3. The average Bonchev–Trinajstić information content (AvgIpc) is 2.58. The second-order valence-electron chi connectivity index (χ2n) is 3.54. The van der Waals surface area contributed by atoms with Crippen LogP contribution in [0, 0.1) is 0 Å². The van der Waals surface area contributed by atoms with Crippen molar-refractivity contribution >= 4 is 0 Å². The van der Waals surface area contributed by atoms with Crippen molar-refractivity contribution in [2.45, 2.75) is 18.5 Å². The molecule has 2 atom stereocenters. The minimum atomic E-state index is 0.285. The summed E-state index contributed by atoms with van der Waals surface area (Å²) >= 11 is 0. The van der Waals surface area contributed by atoms with E-state index in [-0.39, 0.29) is 6.61 Å². The highest BCUT2D eigenvalue weighted by Gasteiger charge is 2.30. The Morgan fingerprint density at radius 1 is 1.38 bits per heavy atom. The molecule has 0 aromatic heterocycles. The molecule has 1 saturated heterocycles. The zero-order chi connectivity index (χ0) is 9.10. The van der Waals surface area contributed by atoms with Crippen LogP contribution in [0.4, 0.5) is 0 Å². The molecule has 2 rings (SSSR count). The van der Waals surface area contributed by atoms with Gasteiger partial charge in [-0.25, -0.2) is 0 Å². The molecular formula is C10H16N2O. The largest absolute Gasteiger partial charge is 0.396 e. The molecule has 0 aromatic rings. The molecule has 0 amide bonds. The highest BCUT2D eigenvalue weighted by atomic mass is 16.3. The van der Waals surface area contributed by atoms with Crippen molar-refractivity contribution in [3.05, 3.63) is 24.3 Å². The molecule has 72 valence electrons. The molecular weight excluding hydrogens is 164 g/mol. The van der Waals surface area contributed by atoms with Crippen molar-refractivity contribution in [1.29, 1.82) is 0 Å². The fourth-order valence-corrected chi connectivity index (χ4v) is 1.96. The summed E-state index contributed by atoms with van der Waals surface area (Å²) in [5.74, 6) is 0. The molecule has 3 nitrogen and oxygen atoms in total. The van der Waals surface area contributed by atoms with Crippen molar-refractivity contribution in [2.75, 3.05) is 19.8 Å². The van der Waals surface area contributed by atoms with Gasteiger partial charge in [-0.1, -0.05) is 24.3 Å². The Labute approximate surface area is 78.7 Å². The van der Waals surface area contributed by atoms with Crippen LogP contribution < -0.4 is 5.32 Å². The minimum Gasteiger partial charge on any atom is -0.396 e. The monoisotopic (exact) mass is 180 g/mol. The lowest BCUT2D eigenvalue weighted by Crippen LogP contribution is -2.35. The van der Waals surface area contributed by atoms with E-state index in [4.69, 9.17) is 5.11 Å². The smallest absolute Gasteiger partial charge is 0.0492 e. The summed E-state index contributed by atoms with van der Waals surface area (Å²) in [6.07, 6.45) is 9.47. The number of aliphatic hydroxyl groups is 1. The number of hydrogen-bond donors (Lipinski definition) is 2. The molecule has 2 N–H and O–H groups in total. The first kappa shape index (κ1) is 8.94. The Morgan fingerprint density at radius 3 is 3.08 bits per heavy atom. The summed E-state index contributed by atoms with van der Waals surface area (Å²) in [5, 5.41) is 12.2. The van der Waals surface area contributed by atoms with Crippen LogP contribution in [0.5, 0.6) is 0 Å². The van der Waals surface area contributed by atoms with Crippen molar-refractivity contribution in [1.82, 2.24) is 10.2 Å². The summed E-state index contributed by atoms with van der Waals surface area (Å²) < 4.78 is 0. The summed E-state index contributed by atoms with van der Waals surface area (Å²) in [6, 6.07) is 0.972. The Kier molecular flexibility index (Phi) is 2.78. The second-order valence-corrected chi connectivity index (χ2v) is 3.54. The maximum atomic E-state index is 8.74. The molecule has 13 heavy (non-hydrogen) atoms. The number of allylic oxidation sites excluding steroid dienone is 2. The van der Waals surface area contributed by atoms with Gasteiger partial charge in [0.05, 0.1) is 0 Å². The van der Waals surface area contributed by atoms with Crippen LogP contribution in [0.15, 0.2) is 24.3 Å². The molecule has 2 unspecified atom stereocenters. The van der Waals surface area contributed by atoms with Gasteiger partial charge >= 0.3 is 0 Å². The molecule has 1 aliphatic heterocycles. The van der Waals surface area contributed by atoms with Gasteiger partial charge in [0.1, 0.15) is 0 Å². The van der Waals surface area contributed by atoms with Crippen LogP contribution in [0.2, 0.25) is 0 Å². The third kappa shape index (κ3) is 1.82. The first-order chi connectivity index (χ1) is 6.42. The molecule has 0 radical (unpaired) electrons. The third-order valence-electron chi connectivity index (χ3n) is 2.66. The minimum absolute atomic E-state index is 0.285. The molecule has 0 aromatic carbocycles. The van der Waals surface area contributed by atoms with Crippen LogP contribution in [0.1, 0.15) is 6.42 Å². The van der Waals surface area contributed by atoms with E-state index in [0.717, 1.165) is 19.6 Å². The first-order valence-corrected chi connectivity index (χ1v) is 4.85. The van der Waals surface area contributed by atoms with Gasteiger partial charge in [0.15, 0.2) is 0 Å². The molecule has 0 spiro atoms. The molecule has 0 saturated carbocycles. The molecule has 2 aliphatic rings. The van der Waals surface area contributed by atoms with E-state index in [2.05, 4.69) is 34.5 Å². The van der Waals surface area contributed by atoms with E-state index in [1.165, 1.54) is 0 Å². The molecule has 1 aliphatic carbocycles. The SMILES string of the molecule is OCCCN1CNC2C=CC=CC21. The predicted molar refractivity (Wildman–Crippen MR) is 52.3 cm³/mol.